The molecule has 1 heterocycles. The van der Waals surface area contributed by atoms with E-state index in [1.807, 2.05) is 36.4 Å². The van der Waals surface area contributed by atoms with Gasteiger partial charge in [0.1, 0.15) is 0 Å². The summed E-state index contributed by atoms with van der Waals surface area (Å²) in [6, 6.07) is 27.7. The van der Waals surface area contributed by atoms with E-state index in [2.05, 4.69) is 52.3 Å². The number of rotatable bonds is 1. The van der Waals surface area contributed by atoms with Gasteiger partial charge in [0.25, 0.3) is 11.8 Å². The van der Waals surface area contributed by atoms with Crippen LogP contribution in [0.2, 0.25) is 0 Å². The van der Waals surface area contributed by atoms with Crippen molar-refractivity contribution in [2.24, 2.45) is 0 Å². The molecule has 0 bridgehead atoms. The predicted octanol–water partition coefficient (Wildman–Crippen LogP) is 7.30. The highest BCUT2D eigenvalue weighted by Gasteiger charge is 2.35. The fourth-order valence-corrected chi connectivity index (χ4v) is 5.66. The number of nitrogens with zero attached hydrogens (tertiary/aromatic N) is 1. The maximum absolute atomic E-state index is 13.7. The highest BCUT2D eigenvalue weighted by molar-refractivity contribution is 9.10. The van der Waals surface area contributed by atoms with E-state index < -0.39 is 0 Å². The zero-order valence-corrected chi connectivity index (χ0v) is 18.3. The molecule has 1 aliphatic heterocycles. The van der Waals surface area contributed by atoms with Gasteiger partial charge in [-0.2, -0.15) is 0 Å². The van der Waals surface area contributed by atoms with Gasteiger partial charge in [-0.15, -0.1) is 0 Å². The van der Waals surface area contributed by atoms with Gasteiger partial charge in [0, 0.05) is 26.4 Å². The predicted molar refractivity (Wildman–Crippen MR) is 133 cm³/mol. The molecule has 0 saturated heterocycles. The van der Waals surface area contributed by atoms with E-state index >= 15 is 0 Å². The van der Waals surface area contributed by atoms with E-state index in [1.54, 1.807) is 12.1 Å². The van der Waals surface area contributed by atoms with Gasteiger partial charge in [0.05, 0.1) is 5.69 Å². The van der Waals surface area contributed by atoms with Gasteiger partial charge in [0.15, 0.2) is 0 Å². The van der Waals surface area contributed by atoms with Crippen LogP contribution in [-0.2, 0) is 0 Å². The van der Waals surface area contributed by atoms with Crippen LogP contribution in [0.1, 0.15) is 20.7 Å². The van der Waals surface area contributed by atoms with Crippen molar-refractivity contribution in [1.29, 1.82) is 0 Å². The van der Waals surface area contributed by atoms with Crippen LogP contribution in [0.5, 0.6) is 0 Å². The molecule has 3 nitrogen and oxygen atoms in total. The van der Waals surface area contributed by atoms with Crippen molar-refractivity contribution in [3.8, 4) is 0 Å². The van der Waals surface area contributed by atoms with Crippen molar-refractivity contribution < 1.29 is 9.59 Å². The largest absolute Gasteiger partial charge is 0.268 e. The van der Waals surface area contributed by atoms with Crippen molar-refractivity contribution in [3.05, 3.63) is 101 Å². The number of hydrogen-bond acceptors (Lipinski definition) is 2. The van der Waals surface area contributed by atoms with Crippen molar-refractivity contribution >= 4 is 76.5 Å². The lowest BCUT2D eigenvalue weighted by Gasteiger charge is -2.29. The van der Waals surface area contributed by atoms with Crippen LogP contribution in [0.3, 0.4) is 0 Å². The number of amides is 2. The Balaban J connectivity index is 1.56. The average molecular weight is 476 g/mol. The molecule has 150 valence electrons. The minimum Gasteiger partial charge on any atom is -0.268 e. The molecule has 0 atom stereocenters. The highest BCUT2D eigenvalue weighted by Crippen LogP contribution is 2.42. The second kappa shape index (κ2) is 6.15. The first-order valence-corrected chi connectivity index (χ1v) is 11.2. The van der Waals surface area contributed by atoms with Crippen molar-refractivity contribution in [2.45, 2.75) is 0 Å². The van der Waals surface area contributed by atoms with Gasteiger partial charge in [0.2, 0.25) is 0 Å². The number of carbonyl (C=O) groups excluding carboxylic acids is 2. The third kappa shape index (κ3) is 2.15. The summed E-state index contributed by atoms with van der Waals surface area (Å²) in [5, 5.41) is 8.12. The summed E-state index contributed by atoms with van der Waals surface area (Å²) in [4.78, 5) is 28.7. The fraction of sp³-hybridized carbons (Fsp3) is 0. The Morgan fingerprint density at radius 3 is 1.94 bits per heavy atom. The molecular weight excluding hydrogens is 462 g/mol. The smallest absolute Gasteiger partial charge is 0.266 e. The van der Waals surface area contributed by atoms with Crippen LogP contribution in [-0.4, -0.2) is 11.8 Å². The lowest BCUT2D eigenvalue weighted by atomic mass is 9.91. The lowest BCUT2D eigenvalue weighted by Crippen LogP contribution is -2.40. The number of halogens is 1. The fourth-order valence-electron chi connectivity index (χ4n) is 5.19. The van der Waals surface area contributed by atoms with Crippen LogP contribution >= 0.6 is 15.9 Å². The summed E-state index contributed by atoms with van der Waals surface area (Å²) >= 11 is 3.55. The molecule has 0 unspecified atom stereocenters. The molecule has 7 rings (SSSR count). The van der Waals surface area contributed by atoms with Gasteiger partial charge in [-0.1, -0.05) is 76.6 Å². The second-order valence-electron chi connectivity index (χ2n) is 8.21. The standard InChI is InChI=1S/C28H14BrNO2/c29-22-13-12-21-26-18(22)5-2-6-20(26)27(31)30(28(21)32)23-14-10-17-8-7-15-3-1-4-16-9-11-19(23)25(17)24(15)16/h1-14H. The molecule has 0 saturated carbocycles. The lowest BCUT2D eigenvalue weighted by molar-refractivity contribution is 0.0894. The summed E-state index contributed by atoms with van der Waals surface area (Å²) in [7, 11) is 0. The number of hydrogen-bond donors (Lipinski definition) is 0. The van der Waals surface area contributed by atoms with E-state index in [-0.39, 0.29) is 11.8 Å². The summed E-state index contributed by atoms with van der Waals surface area (Å²) in [5.74, 6) is -0.581. The SMILES string of the molecule is O=C1c2cccc3c(Br)ccc(c23)C(=O)N1c1ccc2ccc3cccc4ccc1c2c34. The molecular formula is C28H14BrNO2. The maximum Gasteiger partial charge on any atom is 0.266 e. The van der Waals surface area contributed by atoms with Crippen molar-refractivity contribution in [2.75, 3.05) is 4.90 Å². The highest BCUT2D eigenvalue weighted by atomic mass is 79.9. The van der Waals surface area contributed by atoms with Crippen LogP contribution in [0.4, 0.5) is 5.69 Å². The topological polar surface area (TPSA) is 37.4 Å². The van der Waals surface area contributed by atoms with Gasteiger partial charge in [-0.05, 0) is 56.6 Å². The molecule has 0 N–H and O–H groups in total. The molecule has 0 radical (unpaired) electrons. The molecule has 6 aromatic carbocycles. The van der Waals surface area contributed by atoms with Gasteiger partial charge in [-0.25, -0.2) is 4.90 Å². The van der Waals surface area contributed by atoms with E-state index in [1.165, 1.54) is 4.90 Å². The normalized spacial score (nSPS) is 13.8. The molecule has 4 heteroatoms. The Labute approximate surface area is 191 Å². The number of carbonyl (C=O) groups is 2. The summed E-state index contributed by atoms with van der Waals surface area (Å²) in [6.07, 6.45) is 0. The molecule has 2 amide bonds. The summed E-state index contributed by atoms with van der Waals surface area (Å²) < 4.78 is 0.870. The molecule has 0 spiro atoms. The van der Waals surface area contributed by atoms with E-state index in [0.29, 0.717) is 22.2 Å². The Bertz CT molecular complexity index is 1750. The number of imide groups is 1. The molecule has 0 fully saturated rings. The van der Waals surface area contributed by atoms with E-state index in [9.17, 15) is 9.59 Å². The average Bonchev–Trinajstić information content (AvgIpc) is 2.82. The van der Waals surface area contributed by atoms with Gasteiger partial charge >= 0.3 is 0 Å². The molecule has 1 aliphatic rings. The maximum atomic E-state index is 13.7. The molecule has 0 aromatic heterocycles. The third-order valence-electron chi connectivity index (χ3n) is 6.60. The summed E-state index contributed by atoms with van der Waals surface area (Å²) in [5.41, 5.74) is 1.71. The first kappa shape index (κ1) is 17.9. The Kier molecular flexibility index (Phi) is 3.43. The van der Waals surface area contributed by atoms with Gasteiger partial charge in [-0.3, -0.25) is 9.59 Å². The van der Waals surface area contributed by atoms with Crippen LogP contribution < -0.4 is 4.90 Å². The van der Waals surface area contributed by atoms with E-state index in [0.717, 1.165) is 42.2 Å². The quantitative estimate of drug-likeness (QED) is 0.185. The Hall–Kier alpha value is -3.76. The van der Waals surface area contributed by atoms with Crippen LogP contribution in [0.15, 0.2) is 89.4 Å². The van der Waals surface area contributed by atoms with Crippen molar-refractivity contribution in [3.63, 3.8) is 0 Å². The number of benzene rings is 6. The second-order valence-corrected chi connectivity index (χ2v) is 9.06. The van der Waals surface area contributed by atoms with Crippen LogP contribution in [0.25, 0.3) is 43.1 Å². The Morgan fingerprint density at radius 1 is 0.531 bits per heavy atom. The monoisotopic (exact) mass is 475 g/mol. The van der Waals surface area contributed by atoms with Crippen LogP contribution in [0, 0.1) is 0 Å². The molecule has 0 aliphatic carbocycles. The van der Waals surface area contributed by atoms with E-state index in [4.69, 9.17) is 0 Å². The minimum atomic E-state index is -0.291. The zero-order valence-electron chi connectivity index (χ0n) is 16.7. The first-order chi connectivity index (χ1) is 15.6. The Morgan fingerprint density at radius 2 is 1.16 bits per heavy atom. The molecule has 32 heavy (non-hydrogen) atoms. The molecule has 6 aromatic rings. The summed E-state index contributed by atoms with van der Waals surface area (Å²) in [6.45, 7) is 0. The number of anilines is 1. The zero-order chi connectivity index (χ0) is 21.6. The van der Waals surface area contributed by atoms with Gasteiger partial charge < -0.3 is 0 Å². The van der Waals surface area contributed by atoms with Crippen molar-refractivity contribution in [1.82, 2.24) is 0 Å². The third-order valence-corrected chi connectivity index (χ3v) is 7.29. The first-order valence-electron chi connectivity index (χ1n) is 10.4. The minimum absolute atomic E-state index is 0.291.